The molecule has 0 spiro atoms. The summed E-state index contributed by atoms with van der Waals surface area (Å²) in [6.45, 7) is 5.11. The van der Waals surface area contributed by atoms with Gasteiger partial charge in [0.2, 0.25) is 0 Å². The van der Waals surface area contributed by atoms with Crippen molar-refractivity contribution in [2.75, 3.05) is 19.6 Å². The van der Waals surface area contributed by atoms with E-state index in [1.54, 1.807) is 0 Å². The molecule has 0 aromatic heterocycles. The largest absolute Gasteiger partial charge is 0.300 e. The maximum Gasteiger partial charge on any atom is 0.151 e. The summed E-state index contributed by atoms with van der Waals surface area (Å²) in [5, 5.41) is 3.10. The number of nitrogens with one attached hydrogen (secondary N) is 1. The topological polar surface area (TPSA) is 32.3 Å². The first-order valence-electron chi connectivity index (χ1n) is 3.81. The van der Waals surface area contributed by atoms with Crippen LogP contribution in [0.1, 0.15) is 13.3 Å². The van der Waals surface area contributed by atoms with Crippen LogP contribution in [-0.4, -0.2) is 37.0 Å². The summed E-state index contributed by atoms with van der Waals surface area (Å²) in [6.07, 6.45) is 2.08. The molecule has 1 unspecified atom stereocenters. The molecule has 0 radical (unpaired) electrons. The second kappa shape index (κ2) is 3.68. The van der Waals surface area contributed by atoms with Crippen LogP contribution in [0.25, 0.3) is 0 Å². The molecule has 1 aliphatic rings. The number of carbonyl (C=O) groups is 1. The van der Waals surface area contributed by atoms with Gasteiger partial charge in [-0.15, -0.1) is 0 Å². The van der Waals surface area contributed by atoms with Gasteiger partial charge in [0.15, 0.2) is 6.29 Å². The fourth-order valence-electron chi connectivity index (χ4n) is 1.30. The minimum absolute atomic E-state index is 0.0139. The molecule has 1 atom stereocenters. The van der Waals surface area contributed by atoms with E-state index in [0.29, 0.717) is 0 Å². The van der Waals surface area contributed by atoms with Crippen molar-refractivity contribution in [1.82, 2.24) is 10.2 Å². The van der Waals surface area contributed by atoms with Gasteiger partial charge in [-0.05, 0) is 13.0 Å². The minimum atomic E-state index is -0.0139. The van der Waals surface area contributed by atoms with Crippen LogP contribution in [0.5, 0.6) is 0 Å². The van der Waals surface area contributed by atoms with Crippen molar-refractivity contribution in [3.05, 3.63) is 0 Å². The highest BCUT2D eigenvalue weighted by atomic mass is 16.1. The maximum absolute atomic E-state index is 10.4. The SMILES string of the molecule is CCCN1CCNC1C=O. The minimum Gasteiger partial charge on any atom is -0.300 e. The first-order chi connectivity index (χ1) is 4.88. The summed E-state index contributed by atoms with van der Waals surface area (Å²) in [4.78, 5) is 12.5. The maximum atomic E-state index is 10.4. The molecule has 3 nitrogen and oxygen atoms in total. The third-order valence-electron chi connectivity index (χ3n) is 1.79. The predicted molar refractivity (Wildman–Crippen MR) is 39.7 cm³/mol. The van der Waals surface area contributed by atoms with Crippen molar-refractivity contribution in [3.63, 3.8) is 0 Å². The first kappa shape index (κ1) is 7.69. The van der Waals surface area contributed by atoms with Gasteiger partial charge in [0.1, 0.15) is 6.17 Å². The third-order valence-corrected chi connectivity index (χ3v) is 1.79. The summed E-state index contributed by atoms with van der Waals surface area (Å²) in [6, 6.07) is 0. The van der Waals surface area contributed by atoms with Crippen LogP contribution in [0.15, 0.2) is 0 Å². The molecule has 0 aromatic rings. The molecule has 1 rings (SSSR count). The summed E-state index contributed by atoms with van der Waals surface area (Å²) in [5.74, 6) is 0. The molecular formula is C7H14N2O. The molecule has 3 heteroatoms. The first-order valence-corrected chi connectivity index (χ1v) is 3.81. The van der Waals surface area contributed by atoms with Gasteiger partial charge in [-0.1, -0.05) is 6.92 Å². The zero-order valence-electron chi connectivity index (χ0n) is 6.34. The van der Waals surface area contributed by atoms with Crippen molar-refractivity contribution in [2.45, 2.75) is 19.5 Å². The Hall–Kier alpha value is -0.410. The summed E-state index contributed by atoms with van der Waals surface area (Å²) in [7, 11) is 0. The monoisotopic (exact) mass is 142 g/mol. The Morgan fingerprint density at radius 2 is 2.60 bits per heavy atom. The lowest BCUT2D eigenvalue weighted by Crippen LogP contribution is -2.37. The molecule has 1 N–H and O–H groups in total. The molecule has 1 heterocycles. The quantitative estimate of drug-likeness (QED) is 0.555. The van der Waals surface area contributed by atoms with Crippen LogP contribution in [-0.2, 0) is 4.79 Å². The number of hydrogen-bond donors (Lipinski definition) is 1. The average molecular weight is 142 g/mol. The van der Waals surface area contributed by atoms with Crippen molar-refractivity contribution in [2.24, 2.45) is 0 Å². The van der Waals surface area contributed by atoms with Gasteiger partial charge in [-0.25, -0.2) is 0 Å². The third kappa shape index (κ3) is 1.55. The number of rotatable bonds is 3. The van der Waals surface area contributed by atoms with E-state index in [0.717, 1.165) is 32.3 Å². The summed E-state index contributed by atoms with van der Waals surface area (Å²) < 4.78 is 0. The van der Waals surface area contributed by atoms with E-state index < -0.39 is 0 Å². The van der Waals surface area contributed by atoms with E-state index >= 15 is 0 Å². The van der Waals surface area contributed by atoms with Gasteiger partial charge in [0.25, 0.3) is 0 Å². The molecule has 1 saturated heterocycles. The highest BCUT2D eigenvalue weighted by Crippen LogP contribution is 2.00. The highest BCUT2D eigenvalue weighted by Gasteiger charge is 2.21. The van der Waals surface area contributed by atoms with Crippen LogP contribution in [0.2, 0.25) is 0 Å². The Kier molecular flexibility index (Phi) is 2.83. The molecular weight excluding hydrogens is 128 g/mol. The zero-order valence-corrected chi connectivity index (χ0v) is 6.34. The van der Waals surface area contributed by atoms with Crippen LogP contribution >= 0.6 is 0 Å². The summed E-state index contributed by atoms with van der Waals surface area (Å²) >= 11 is 0. The van der Waals surface area contributed by atoms with Gasteiger partial charge < -0.3 is 4.79 Å². The van der Waals surface area contributed by atoms with Crippen LogP contribution in [0.3, 0.4) is 0 Å². The van der Waals surface area contributed by atoms with Crippen LogP contribution in [0.4, 0.5) is 0 Å². The lowest BCUT2D eigenvalue weighted by atomic mass is 10.4. The molecule has 1 fully saturated rings. The molecule has 0 aromatic carbocycles. The molecule has 58 valence electrons. The Balaban J connectivity index is 2.34. The number of carbonyl (C=O) groups excluding carboxylic acids is 1. The van der Waals surface area contributed by atoms with E-state index in [9.17, 15) is 4.79 Å². The van der Waals surface area contributed by atoms with Crippen molar-refractivity contribution in [3.8, 4) is 0 Å². The Labute approximate surface area is 61.4 Å². The molecule has 0 amide bonds. The normalized spacial score (nSPS) is 27.1. The van der Waals surface area contributed by atoms with E-state index in [-0.39, 0.29) is 6.17 Å². The molecule has 0 bridgehead atoms. The Bertz CT molecular complexity index is 116. The Morgan fingerprint density at radius 3 is 3.20 bits per heavy atom. The smallest absolute Gasteiger partial charge is 0.151 e. The number of hydrogen-bond acceptors (Lipinski definition) is 3. The van der Waals surface area contributed by atoms with Crippen molar-refractivity contribution >= 4 is 6.29 Å². The van der Waals surface area contributed by atoms with Crippen molar-refractivity contribution in [1.29, 1.82) is 0 Å². The van der Waals surface area contributed by atoms with Gasteiger partial charge in [0, 0.05) is 13.1 Å². The van der Waals surface area contributed by atoms with E-state index in [2.05, 4.69) is 17.1 Å². The highest BCUT2D eigenvalue weighted by molar-refractivity contribution is 5.57. The van der Waals surface area contributed by atoms with E-state index in [1.165, 1.54) is 0 Å². The molecule has 0 saturated carbocycles. The summed E-state index contributed by atoms with van der Waals surface area (Å²) in [5.41, 5.74) is 0. The number of nitrogens with zero attached hydrogens (tertiary/aromatic N) is 1. The van der Waals surface area contributed by atoms with Gasteiger partial charge >= 0.3 is 0 Å². The van der Waals surface area contributed by atoms with Crippen LogP contribution < -0.4 is 5.32 Å². The fourth-order valence-corrected chi connectivity index (χ4v) is 1.30. The Morgan fingerprint density at radius 1 is 1.80 bits per heavy atom. The molecule has 1 aliphatic heterocycles. The van der Waals surface area contributed by atoms with Gasteiger partial charge in [-0.3, -0.25) is 10.2 Å². The standard InChI is InChI=1S/C7H14N2O/c1-2-4-9-5-3-8-7(9)6-10/h6-8H,2-5H2,1H3. The van der Waals surface area contributed by atoms with Gasteiger partial charge in [0.05, 0.1) is 0 Å². The van der Waals surface area contributed by atoms with Crippen molar-refractivity contribution < 1.29 is 4.79 Å². The average Bonchev–Trinajstić information content (AvgIpc) is 2.36. The zero-order chi connectivity index (χ0) is 7.40. The fraction of sp³-hybridized carbons (Fsp3) is 0.857. The predicted octanol–water partition coefficient (Wildman–Crippen LogP) is -0.173. The van der Waals surface area contributed by atoms with Crippen LogP contribution in [0, 0.1) is 0 Å². The number of aldehydes is 1. The van der Waals surface area contributed by atoms with E-state index in [4.69, 9.17) is 0 Å². The van der Waals surface area contributed by atoms with E-state index in [1.807, 2.05) is 0 Å². The lowest BCUT2D eigenvalue weighted by Gasteiger charge is -2.17. The lowest BCUT2D eigenvalue weighted by molar-refractivity contribution is -0.112. The second-order valence-electron chi connectivity index (χ2n) is 2.57. The molecule has 0 aliphatic carbocycles. The molecule has 10 heavy (non-hydrogen) atoms. The van der Waals surface area contributed by atoms with Gasteiger partial charge in [-0.2, -0.15) is 0 Å². The second-order valence-corrected chi connectivity index (χ2v) is 2.57.